The van der Waals surface area contributed by atoms with Crippen LogP contribution in [0.15, 0.2) is 30.5 Å². The maximum atomic E-state index is 11.2. The summed E-state index contributed by atoms with van der Waals surface area (Å²) >= 11 is 0. The van der Waals surface area contributed by atoms with Gasteiger partial charge in [0, 0.05) is 25.3 Å². The Kier molecular flexibility index (Phi) is 5.55. The fraction of sp³-hybridized carbons (Fsp3) is 0.444. The van der Waals surface area contributed by atoms with Crippen LogP contribution in [0.3, 0.4) is 0 Å². The van der Waals surface area contributed by atoms with Crippen molar-refractivity contribution in [2.45, 2.75) is 19.6 Å². The molecule has 2 aromatic heterocycles. The van der Waals surface area contributed by atoms with Crippen LogP contribution in [0.4, 0.5) is 0 Å². The molecule has 0 amide bonds. The number of benzene rings is 1. The van der Waals surface area contributed by atoms with Crippen molar-refractivity contribution < 1.29 is 17.9 Å². The summed E-state index contributed by atoms with van der Waals surface area (Å²) in [6.45, 7) is 3.07. The van der Waals surface area contributed by atoms with Crippen LogP contribution >= 0.6 is 0 Å². The molecular weight excluding hydrogens is 354 g/mol. The summed E-state index contributed by atoms with van der Waals surface area (Å²) in [6.07, 6.45) is 2.79. The molecule has 0 N–H and O–H groups in total. The Morgan fingerprint density at radius 2 is 1.96 bits per heavy atom. The van der Waals surface area contributed by atoms with Gasteiger partial charge in [0.05, 0.1) is 36.2 Å². The number of pyridine rings is 1. The second-order valence-corrected chi connectivity index (χ2v) is 8.51. The summed E-state index contributed by atoms with van der Waals surface area (Å²) in [5, 5.41) is 1.02. The van der Waals surface area contributed by atoms with Crippen molar-refractivity contribution in [3.63, 3.8) is 0 Å². The third-order valence-corrected chi connectivity index (χ3v) is 5.19. The van der Waals surface area contributed by atoms with Crippen molar-refractivity contribution in [2.75, 3.05) is 32.3 Å². The maximum absolute atomic E-state index is 11.2. The van der Waals surface area contributed by atoms with Crippen molar-refractivity contribution in [2.24, 2.45) is 0 Å². The molecule has 3 rings (SSSR count). The Balaban J connectivity index is 1.93. The standard InChI is InChI=1S/C18H23N3O4S/c1-13(24-2)18-20-16-12-19-15-7-5-4-6-14(15)17(16)21(18)8-9-25-10-11-26(3,22)23/h4-7,12-13H,8-11H2,1-3H3. The van der Waals surface area contributed by atoms with Gasteiger partial charge in [-0.2, -0.15) is 0 Å². The molecule has 0 saturated heterocycles. The van der Waals surface area contributed by atoms with Crippen LogP contribution in [0, 0.1) is 0 Å². The Morgan fingerprint density at radius 3 is 2.69 bits per heavy atom. The molecule has 8 heteroatoms. The van der Waals surface area contributed by atoms with Crippen LogP contribution in [0.2, 0.25) is 0 Å². The van der Waals surface area contributed by atoms with Gasteiger partial charge in [0.25, 0.3) is 0 Å². The van der Waals surface area contributed by atoms with E-state index < -0.39 is 9.84 Å². The van der Waals surface area contributed by atoms with E-state index in [9.17, 15) is 8.42 Å². The highest BCUT2D eigenvalue weighted by Crippen LogP contribution is 2.27. The summed E-state index contributed by atoms with van der Waals surface area (Å²) in [6, 6.07) is 7.92. The lowest BCUT2D eigenvalue weighted by Crippen LogP contribution is -2.15. The molecule has 0 bridgehead atoms. The Morgan fingerprint density at radius 1 is 1.19 bits per heavy atom. The molecule has 0 saturated carbocycles. The molecule has 140 valence electrons. The molecular formula is C18H23N3O4S. The predicted molar refractivity (Wildman–Crippen MR) is 101 cm³/mol. The Labute approximate surface area is 152 Å². The van der Waals surface area contributed by atoms with Gasteiger partial charge in [0.15, 0.2) is 0 Å². The van der Waals surface area contributed by atoms with Gasteiger partial charge in [0.2, 0.25) is 0 Å². The molecule has 0 spiro atoms. The normalized spacial score (nSPS) is 13.5. The van der Waals surface area contributed by atoms with E-state index in [1.807, 2.05) is 31.2 Å². The summed E-state index contributed by atoms with van der Waals surface area (Å²) in [4.78, 5) is 9.17. The van der Waals surface area contributed by atoms with Crippen molar-refractivity contribution >= 4 is 31.8 Å². The van der Waals surface area contributed by atoms with Crippen LogP contribution in [0.5, 0.6) is 0 Å². The zero-order chi connectivity index (χ0) is 18.7. The van der Waals surface area contributed by atoms with Crippen molar-refractivity contribution in [3.05, 3.63) is 36.3 Å². The fourth-order valence-electron chi connectivity index (χ4n) is 2.89. The highest BCUT2D eigenvalue weighted by molar-refractivity contribution is 7.90. The van der Waals surface area contributed by atoms with E-state index in [1.165, 1.54) is 6.26 Å². The average molecular weight is 377 g/mol. The molecule has 0 fully saturated rings. The lowest BCUT2D eigenvalue weighted by atomic mass is 10.2. The van der Waals surface area contributed by atoms with Gasteiger partial charge < -0.3 is 14.0 Å². The Bertz CT molecular complexity index is 1010. The van der Waals surface area contributed by atoms with Crippen LogP contribution in [-0.2, 0) is 25.9 Å². The third-order valence-electron chi connectivity index (χ3n) is 4.28. The highest BCUT2D eigenvalue weighted by atomic mass is 32.2. The minimum absolute atomic E-state index is 0.0197. The van der Waals surface area contributed by atoms with Crippen LogP contribution in [-0.4, -0.2) is 55.3 Å². The van der Waals surface area contributed by atoms with E-state index >= 15 is 0 Å². The zero-order valence-corrected chi connectivity index (χ0v) is 16.0. The van der Waals surface area contributed by atoms with E-state index in [4.69, 9.17) is 14.5 Å². The molecule has 26 heavy (non-hydrogen) atoms. The van der Waals surface area contributed by atoms with Gasteiger partial charge in [-0.25, -0.2) is 13.4 Å². The van der Waals surface area contributed by atoms with Gasteiger partial charge in [-0.15, -0.1) is 0 Å². The molecule has 0 radical (unpaired) electrons. The fourth-order valence-corrected chi connectivity index (χ4v) is 3.31. The number of aromatic nitrogens is 3. The van der Waals surface area contributed by atoms with Crippen molar-refractivity contribution in [3.8, 4) is 0 Å². The SMILES string of the molecule is COC(C)c1nc2cnc3ccccc3c2n1CCOCCS(C)(=O)=O. The van der Waals surface area contributed by atoms with E-state index in [2.05, 4.69) is 9.55 Å². The van der Waals surface area contributed by atoms with E-state index in [1.54, 1.807) is 13.3 Å². The average Bonchev–Trinajstić information content (AvgIpc) is 2.99. The minimum Gasteiger partial charge on any atom is -0.379 e. The van der Waals surface area contributed by atoms with E-state index in [0.717, 1.165) is 27.8 Å². The quantitative estimate of drug-likeness (QED) is 0.561. The van der Waals surface area contributed by atoms with Crippen LogP contribution in [0.25, 0.3) is 21.9 Å². The first-order chi connectivity index (χ1) is 12.4. The second-order valence-electron chi connectivity index (χ2n) is 6.25. The highest BCUT2D eigenvalue weighted by Gasteiger charge is 2.18. The minimum atomic E-state index is -3.02. The molecule has 1 atom stereocenters. The lowest BCUT2D eigenvalue weighted by Gasteiger charge is -2.14. The van der Waals surface area contributed by atoms with Crippen molar-refractivity contribution in [1.82, 2.24) is 14.5 Å². The number of fused-ring (bicyclic) bond motifs is 3. The number of rotatable bonds is 8. The molecule has 1 aromatic carbocycles. The monoisotopic (exact) mass is 377 g/mol. The molecule has 3 aromatic rings. The van der Waals surface area contributed by atoms with Gasteiger partial charge in [-0.3, -0.25) is 4.98 Å². The van der Waals surface area contributed by atoms with Gasteiger partial charge >= 0.3 is 0 Å². The summed E-state index contributed by atoms with van der Waals surface area (Å²) in [5.41, 5.74) is 2.69. The van der Waals surface area contributed by atoms with E-state index in [0.29, 0.717) is 13.2 Å². The molecule has 2 heterocycles. The lowest BCUT2D eigenvalue weighted by molar-refractivity contribution is 0.103. The molecule has 0 aliphatic carbocycles. The maximum Gasteiger partial charge on any atom is 0.149 e. The summed E-state index contributed by atoms with van der Waals surface area (Å²) in [7, 11) is -1.37. The Hall–Kier alpha value is -2.03. The number of sulfone groups is 1. The number of imidazole rings is 1. The first kappa shape index (κ1) is 18.8. The van der Waals surface area contributed by atoms with Crippen LogP contribution < -0.4 is 0 Å². The summed E-state index contributed by atoms with van der Waals surface area (Å²) < 4.78 is 35.5. The number of ether oxygens (including phenoxy) is 2. The topological polar surface area (TPSA) is 83.3 Å². The first-order valence-electron chi connectivity index (χ1n) is 8.43. The molecule has 7 nitrogen and oxygen atoms in total. The van der Waals surface area contributed by atoms with E-state index in [-0.39, 0.29) is 18.5 Å². The van der Waals surface area contributed by atoms with Gasteiger partial charge in [-0.05, 0) is 13.0 Å². The smallest absolute Gasteiger partial charge is 0.149 e. The number of methoxy groups -OCH3 is 1. The zero-order valence-electron chi connectivity index (χ0n) is 15.2. The molecule has 0 aliphatic rings. The molecule has 1 unspecified atom stereocenters. The predicted octanol–water partition coefficient (Wildman–Crippen LogP) is 2.35. The number of hydrogen-bond donors (Lipinski definition) is 0. The largest absolute Gasteiger partial charge is 0.379 e. The van der Waals surface area contributed by atoms with Gasteiger partial charge in [0.1, 0.15) is 27.3 Å². The number of nitrogens with zero attached hydrogens (tertiary/aromatic N) is 3. The second kappa shape index (κ2) is 7.69. The summed E-state index contributed by atoms with van der Waals surface area (Å²) in [5.74, 6) is 0.818. The third kappa shape index (κ3) is 4.03. The number of hydrogen-bond acceptors (Lipinski definition) is 6. The molecule has 0 aliphatic heterocycles. The van der Waals surface area contributed by atoms with Gasteiger partial charge in [-0.1, -0.05) is 18.2 Å². The first-order valence-corrected chi connectivity index (χ1v) is 10.5. The van der Waals surface area contributed by atoms with Crippen LogP contribution in [0.1, 0.15) is 18.9 Å². The van der Waals surface area contributed by atoms with Crippen molar-refractivity contribution in [1.29, 1.82) is 0 Å². The number of para-hydroxylation sites is 1.